The van der Waals surface area contributed by atoms with Crippen LogP contribution in [0, 0.1) is 12.7 Å². The lowest BCUT2D eigenvalue weighted by Crippen LogP contribution is -2.11. The Bertz CT molecular complexity index is 1420. The first-order chi connectivity index (χ1) is 16.5. The number of aromatic amines is 2. The van der Waals surface area contributed by atoms with Crippen LogP contribution in [0.2, 0.25) is 0 Å². The molecule has 6 rings (SSSR count). The molecule has 3 nitrogen and oxygen atoms in total. The van der Waals surface area contributed by atoms with Gasteiger partial charge in [-0.2, -0.15) is 0 Å². The predicted molar refractivity (Wildman–Crippen MR) is 138 cm³/mol. The number of hydrogen-bond donors (Lipinski definition) is 2. The predicted octanol–water partition coefficient (Wildman–Crippen LogP) is 8.29. The molecule has 0 amide bonds. The van der Waals surface area contributed by atoms with Crippen LogP contribution in [0.4, 0.5) is 4.39 Å². The van der Waals surface area contributed by atoms with E-state index in [9.17, 15) is 4.39 Å². The highest BCUT2D eigenvalue weighted by Gasteiger charge is 2.26. The third kappa shape index (κ3) is 3.48. The molecular weight excluding hydrogens is 423 g/mol. The van der Waals surface area contributed by atoms with Crippen LogP contribution < -0.4 is 4.74 Å². The zero-order chi connectivity index (χ0) is 23.4. The van der Waals surface area contributed by atoms with E-state index in [1.165, 1.54) is 40.7 Å². The summed E-state index contributed by atoms with van der Waals surface area (Å²) >= 11 is 0. The second-order valence-electron chi connectivity index (χ2n) is 10.1. The molecule has 174 valence electrons. The quantitative estimate of drug-likeness (QED) is 0.313. The van der Waals surface area contributed by atoms with Gasteiger partial charge < -0.3 is 14.7 Å². The van der Waals surface area contributed by atoms with Crippen molar-refractivity contribution in [3.05, 3.63) is 70.8 Å². The van der Waals surface area contributed by atoms with Gasteiger partial charge in [0.1, 0.15) is 11.6 Å². The Balaban J connectivity index is 1.56. The Hall–Kier alpha value is -3.27. The fourth-order valence-corrected chi connectivity index (χ4v) is 5.95. The second-order valence-corrected chi connectivity index (χ2v) is 10.1. The summed E-state index contributed by atoms with van der Waals surface area (Å²) in [6.45, 7) is 6.57. The highest BCUT2D eigenvalue weighted by Crippen LogP contribution is 2.45. The number of benzene rings is 2. The first-order valence-electron chi connectivity index (χ1n) is 12.5. The Kier molecular flexibility index (Phi) is 5.13. The van der Waals surface area contributed by atoms with Crippen LogP contribution in [-0.2, 0) is 6.42 Å². The van der Waals surface area contributed by atoms with Gasteiger partial charge in [0.2, 0.25) is 0 Å². The Morgan fingerprint density at radius 1 is 1.06 bits per heavy atom. The van der Waals surface area contributed by atoms with E-state index >= 15 is 0 Å². The van der Waals surface area contributed by atoms with Crippen LogP contribution in [0.1, 0.15) is 67.8 Å². The number of nitrogens with one attached hydrogen (secondary N) is 2. The maximum absolute atomic E-state index is 14.6. The summed E-state index contributed by atoms with van der Waals surface area (Å²) < 4.78 is 21.1. The number of allylic oxidation sites excluding steroid dienone is 1. The van der Waals surface area contributed by atoms with Gasteiger partial charge in [0.05, 0.1) is 11.8 Å². The average Bonchev–Trinajstić information content (AvgIpc) is 3.59. The number of aryl methyl sites for hydroxylation is 1. The number of halogens is 1. The molecule has 2 heterocycles. The van der Waals surface area contributed by atoms with Gasteiger partial charge in [0.25, 0.3) is 0 Å². The fourth-order valence-electron chi connectivity index (χ4n) is 5.95. The van der Waals surface area contributed by atoms with Crippen molar-refractivity contribution >= 4 is 17.0 Å². The van der Waals surface area contributed by atoms with Crippen molar-refractivity contribution in [3.8, 4) is 28.1 Å². The van der Waals surface area contributed by atoms with Crippen molar-refractivity contribution in [2.24, 2.45) is 0 Å². The average molecular weight is 455 g/mol. The molecule has 0 bridgehead atoms. The molecule has 0 spiro atoms. The maximum Gasteiger partial charge on any atom is 0.125 e. The normalized spacial score (nSPS) is 15.7. The number of rotatable bonds is 5. The number of H-pyrrole nitrogens is 2. The van der Waals surface area contributed by atoms with E-state index in [0.29, 0.717) is 6.10 Å². The molecule has 2 aromatic carbocycles. The summed E-state index contributed by atoms with van der Waals surface area (Å²) in [6, 6.07) is 9.70. The first-order valence-corrected chi connectivity index (χ1v) is 12.5. The van der Waals surface area contributed by atoms with Crippen LogP contribution >= 0.6 is 0 Å². The van der Waals surface area contributed by atoms with E-state index < -0.39 is 0 Å². The van der Waals surface area contributed by atoms with Gasteiger partial charge in [-0.3, -0.25) is 0 Å². The zero-order valence-corrected chi connectivity index (χ0v) is 20.1. The first kappa shape index (κ1) is 21.3. The molecular formula is C30H31FN2O. The molecule has 0 saturated heterocycles. The van der Waals surface area contributed by atoms with Crippen LogP contribution in [0.15, 0.2) is 42.6 Å². The summed E-state index contributed by atoms with van der Waals surface area (Å²) in [5.74, 6) is 0.997. The lowest BCUT2D eigenvalue weighted by atomic mass is 9.87. The molecule has 2 aromatic heterocycles. The smallest absolute Gasteiger partial charge is 0.125 e. The van der Waals surface area contributed by atoms with Crippen molar-refractivity contribution < 1.29 is 9.13 Å². The summed E-state index contributed by atoms with van der Waals surface area (Å²) in [5, 5.41) is 1.03. The standard InChI is InChI=1S/C30H31FN2O/c1-17(2)28-29(18(3)33-30(28)26-14-20(31)15-27-24(26)11-12-32-27)25-16-22(34-21-8-4-5-9-21)13-19-7-6-10-23(19)25/h6,10-17,21,32-33H,4-5,7-9H2,1-3H3. The summed E-state index contributed by atoms with van der Waals surface area (Å²) in [5.41, 5.74) is 10.1. The van der Waals surface area contributed by atoms with E-state index in [-0.39, 0.29) is 11.7 Å². The molecule has 1 saturated carbocycles. The van der Waals surface area contributed by atoms with Gasteiger partial charge >= 0.3 is 0 Å². The van der Waals surface area contributed by atoms with Crippen LogP contribution in [0.3, 0.4) is 0 Å². The SMILES string of the molecule is Cc1[nH]c(-c2cc(F)cc3[nH]ccc23)c(C(C)C)c1-c1cc(OC2CCCC2)cc2c1C=CC2. The molecule has 0 aliphatic heterocycles. The Labute approximate surface area is 200 Å². The van der Waals surface area contributed by atoms with Crippen LogP contribution in [-0.4, -0.2) is 16.1 Å². The maximum atomic E-state index is 14.6. The molecule has 2 aliphatic rings. The van der Waals surface area contributed by atoms with E-state index in [0.717, 1.165) is 52.9 Å². The lowest BCUT2D eigenvalue weighted by Gasteiger charge is -2.19. The van der Waals surface area contributed by atoms with E-state index in [1.54, 1.807) is 12.1 Å². The van der Waals surface area contributed by atoms with Gasteiger partial charge in [-0.25, -0.2) is 4.39 Å². The summed E-state index contributed by atoms with van der Waals surface area (Å²) in [7, 11) is 0. The van der Waals surface area contributed by atoms with Gasteiger partial charge in [0, 0.05) is 33.9 Å². The summed E-state index contributed by atoms with van der Waals surface area (Å²) in [4.78, 5) is 6.83. The minimum Gasteiger partial charge on any atom is -0.490 e. The summed E-state index contributed by atoms with van der Waals surface area (Å²) in [6.07, 6.45) is 12.4. The zero-order valence-electron chi connectivity index (χ0n) is 20.1. The van der Waals surface area contributed by atoms with E-state index in [2.05, 4.69) is 55.0 Å². The molecule has 0 radical (unpaired) electrons. The van der Waals surface area contributed by atoms with Crippen molar-refractivity contribution in [1.82, 2.24) is 9.97 Å². The largest absolute Gasteiger partial charge is 0.490 e. The van der Waals surface area contributed by atoms with Crippen molar-refractivity contribution in [1.29, 1.82) is 0 Å². The molecule has 0 unspecified atom stereocenters. The van der Waals surface area contributed by atoms with Gasteiger partial charge in [-0.15, -0.1) is 0 Å². The number of ether oxygens (including phenoxy) is 1. The van der Waals surface area contributed by atoms with Crippen molar-refractivity contribution in [3.63, 3.8) is 0 Å². The second kappa shape index (κ2) is 8.19. The monoisotopic (exact) mass is 454 g/mol. The fraction of sp³-hybridized carbons (Fsp3) is 0.333. The third-order valence-electron chi connectivity index (χ3n) is 7.44. The van der Waals surface area contributed by atoms with Crippen molar-refractivity contribution in [2.75, 3.05) is 0 Å². The number of fused-ring (bicyclic) bond motifs is 2. The minimum atomic E-state index is -0.232. The Morgan fingerprint density at radius 3 is 2.68 bits per heavy atom. The van der Waals surface area contributed by atoms with Gasteiger partial charge in [-0.05, 0) is 97.5 Å². The highest BCUT2D eigenvalue weighted by atomic mass is 19.1. The number of hydrogen-bond acceptors (Lipinski definition) is 1. The molecule has 0 atom stereocenters. The molecule has 2 N–H and O–H groups in total. The van der Waals surface area contributed by atoms with Crippen molar-refractivity contribution in [2.45, 2.75) is 64.9 Å². The van der Waals surface area contributed by atoms with Crippen LogP contribution in [0.25, 0.3) is 39.4 Å². The molecule has 1 fully saturated rings. The molecule has 34 heavy (non-hydrogen) atoms. The number of aromatic nitrogens is 2. The van der Waals surface area contributed by atoms with Gasteiger partial charge in [-0.1, -0.05) is 26.0 Å². The minimum absolute atomic E-state index is 0.232. The van der Waals surface area contributed by atoms with Gasteiger partial charge in [0.15, 0.2) is 0 Å². The topological polar surface area (TPSA) is 40.8 Å². The third-order valence-corrected chi connectivity index (χ3v) is 7.44. The highest BCUT2D eigenvalue weighted by molar-refractivity contribution is 5.97. The van der Waals surface area contributed by atoms with E-state index in [1.807, 2.05) is 12.3 Å². The van der Waals surface area contributed by atoms with Crippen LogP contribution in [0.5, 0.6) is 5.75 Å². The van der Waals surface area contributed by atoms with E-state index in [4.69, 9.17) is 4.74 Å². The Morgan fingerprint density at radius 2 is 1.88 bits per heavy atom. The molecule has 2 aliphatic carbocycles. The molecule has 4 aromatic rings. The molecule has 4 heteroatoms. The lowest BCUT2D eigenvalue weighted by molar-refractivity contribution is 0.210.